The normalized spacial score (nSPS) is 19.6. The van der Waals surface area contributed by atoms with E-state index in [0.29, 0.717) is 36.7 Å². The van der Waals surface area contributed by atoms with Crippen LogP contribution in [0.15, 0.2) is 12.2 Å². The molecule has 0 spiro atoms. The lowest BCUT2D eigenvalue weighted by Gasteiger charge is -2.24. The van der Waals surface area contributed by atoms with Crippen LogP contribution in [0.5, 0.6) is 0 Å². The van der Waals surface area contributed by atoms with Crippen molar-refractivity contribution < 1.29 is 57.1 Å². The topological polar surface area (TPSA) is 166 Å². The van der Waals surface area contributed by atoms with Gasteiger partial charge in [0.2, 0.25) is 0 Å². The molecule has 0 saturated heterocycles. The summed E-state index contributed by atoms with van der Waals surface area (Å²) in [5.74, 6) is -1.49. The molecule has 1 aliphatic carbocycles. The van der Waals surface area contributed by atoms with Crippen molar-refractivity contribution in [2.45, 2.75) is 186 Å². The van der Waals surface area contributed by atoms with Crippen LogP contribution in [-0.2, 0) is 37.5 Å². The summed E-state index contributed by atoms with van der Waals surface area (Å²) < 4.78 is 34.2. The van der Waals surface area contributed by atoms with Crippen molar-refractivity contribution in [2.24, 2.45) is 11.8 Å². The van der Waals surface area contributed by atoms with E-state index in [1.165, 1.54) is 51.4 Å². The number of esters is 2. The molecular weight excluding hydrogens is 737 g/mol. The summed E-state index contributed by atoms with van der Waals surface area (Å²) in [5, 5.41) is 20.7. The van der Waals surface area contributed by atoms with E-state index in [4.69, 9.17) is 18.5 Å². The molecule has 328 valence electrons. The summed E-state index contributed by atoms with van der Waals surface area (Å²) in [6, 6.07) is 0. The van der Waals surface area contributed by atoms with Crippen LogP contribution in [0.1, 0.15) is 168 Å². The van der Waals surface area contributed by atoms with Gasteiger partial charge in [0.05, 0.1) is 40.0 Å². The van der Waals surface area contributed by atoms with E-state index >= 15 is 0 Å². The Balaban J connectivity index is 2.49. The van der Waals surface area contributed by atoms with Crippen LogP contribution in [-0.4, -0.2) is 103 Å². The summed E-state index contributed by atoms with van der Waals surface area (Å²) in [6.07, 6.45) is 23.0. The number of carbonyl (C=O) groups is 3. The van der Waals surface area contributed by atoms with Gasteiger partial charge in [-0.1, -0.05) is 135 Å². The minimum atomic E-state index is -4.44. The molecule has 0 aromatic rings. The number of hydrogen-bond donors (Lipinski definition) is 3. The van der Waals surface area contributed by atoms with Gasteiger partial charge in [0, 0.05) is 31.1 Å². The Morgan fingerprint density at radius 3 is 1.91 bits per heavy atom. The maximum Gasteiger partial charge on any atom is 0.472 e. The first-order valence-electron chi connectivity index (χ1n) is 22.0. The van der Waals surface area contributed by atoms with Gasteiger partial charge in [0.25, 0.3) is 0 Å². The van der Waals surface area contributed by atoms with Crippen molar-refractivity contribution in [3.8, 4) is 0 Å². The van der Waals surface area contributed by atoms with Gasteiger partial charge in [0.1, 0.15) is 25.5 Å². The average Bonchev–Trinajstić information content (AvgIpc) is 3.40. The number of carbonyl (C=O) groups excluding carboxylic acids is 3. The number of rotatable bonds is 36. The molecule has 0 heterocycles. The van der Waals surface area contributed by atoms with E-state index in [9.17, 15) is 34.1 Å². The summed E-state index contributed by atoms with van der Waals surface area (Å²) in [5.41, 5.74) is 0. The second kappa shape index (κ2) is 31.3. The molecule has 0 aromatic heterocycles. The summed E-state index contributed by atoms with van der Waals surface area (Å²) in [7, 11) is 1.34. The zero-order chi connectivity index (χ0) is 41.7. The fourth-order valence-corrected chi connectivity index (χ4v) is 7.65. The highest BCUT2D eigenvalue weighted by molar-refractivity contribution is 7.47. The van der Waals surface area contributed by atoms with Crippen molar-refractivity contribution in [3.05, 3.63) is 12.2 Å². The molecule has 0 aromatic carbocycles. The van der Waals surface area contributed by atoms with Gasteiger partial charge >= 0.3 is 19.8 Å². The zero-order valence-electron chi connectivity index (χ0n) is 35.8. The molecule has 1 aliphatic rings. The predicted molar refractivity (Wildman–Crippen MR) is 221 cm³/mol. The predicted octanol–water partition coefficient (Wildman–Crippen LogP) is 8.78. The number of aliphatic hydroxyl groups excluding tert-OH is 2. The minimum Gasteiger partial charge on any atom is -0.462 e. The fraction of sp³-hybridized carbons (Fsp3) is 0.884. The number of quaternary nitrogens is 1. The number of nitrogens with zero attached hydrogens (tertiary/aromatic N) is 1. The second-order valence-electron chi connectivity index (χ2n) is 16.9. The number of phosphoric ester groups is 1. The summed E-state index contributed by atoms with van der Waals surface area (Å²) in [6.45, 7) is 4.04. The lowest BCUT2D eigenvalue weighted by atomic mass is 9.88. The van der Waals surface area contributed by atoms with Crippen molar-refractivity contribution in [2.75, 3.05) is 47.5 Å². The lowest BCUT2D eigenvalue weighted by Crippen LogP contribution is -2.37. The fourth-order valence-electron chi connectivity index (χ4n) is 6.91. The van der Waals surface area contributed by atoms with E-state index in [0.717, 1.165) is 57.8 Å². The molecule has 56 heavy (non-hydrogen) atoms. The maximum atomic E-state index is 12.8. The molecule has 0 amide bonds. The number of hydrogen-bond acceptors (Lipinski definition) is 10. The Labute approximate surface area is 339 Å². The molecule has 1 fully saturated rings. The molecule has 6 atom stereocenters. The smallest absolute Gasteiger partial charge is 0.462 e. The first-order valence-corrected chi connectivity index (χ1v) is 23.5. The SMILES string of the molecule is CCCCCCCCCCCCCCC(=O)OC[C@H](COP(=O)(O)OCC[N+](C)(C)C)OC(=O)CCCCCC[C@H]1C(=O)C[C@@H](O)[C@@H]1/C=C/[C@@H](O)CCCCC. The minimum absolute atomic E-state index is 0.00907. The van der Waals surface area contributed by atoms with E-state index < -0.39 is 44.7 Å². The highest BCUT2D eigenvalue weighted by Crippen LogP contribution is 2.43. The zero-order valence-corrected chi connectivity index (χ0v) is 36.7. The van der Waals surface area contributed by atoms with Gasteiger partial charge in [-0.15, -0.1) is 0 Å². The monoisotopic (exact) mass is 819 g/mol. The van der Waals surface area contributed by atoms with Crippen LogP contribution in [0.4, 0.5) is 0 Å². The Bertz CT molecular complexity index is 1130. The van der Waals surface area contributed by atoms with Crippen molar-refractivity contribution in [1.82, 2.24) is 0 Å². The number of likely N-dealkylation sites (N-methyl/N-ethyl adjacent to an activating group) is 1. The van der Waals surface area contributed by atoms with E-state index in [1.54, 1.807) is 6.08 Å². The van der Waals surface area contributed by atoms with E-state index in [2.05, 4.69) is 13.8 Å². The van der Waals surface area contributed by atoms with Crippen LogP contribution in [0, 0.1) is 11.8 Å². The molecule has 1 unspecified atom stereocenters. The van der Waals surface area contributed by atoms with E-state index in [1.807, 2.05) is 27.2 Å². The van der Waals surface area contributed by atoms with Crippen LogP contribution in [0.25, 0.3) is 0 Å². The van der Waals surface area contributed by atoms with Crippen LogP contribution in [0.2, 0.25) is 0 Å². The molecule has 0 bridgehead atoms. The van der Waals surface area contributed by atoms with Crippen LogP contribution >= 0.6 is 7.82 Å². The molecule has 12 nitrogen and oxygen atoms in total. The van der Waals surface area contributed by atoms with Gasteiger partial charge in [-0.2, -0.15) is 0 Å². The molecule has 1 rings (SSSR count). The van der Waals surface area contributed by atoms with E-state index in [-0.39, 0.29) is 50.1 Å². The van der Waals surface area contributed by atoms with Crippen LogP contribution < -0.4 is 0 Å². The van der Waals surface area contributed by atoms with Gasteiger partial charge in [0.15, 0.2) is 6.10 Å². The highest BCUT2D eigenvalue weighted by atomic mass is 31.2. The third-order valence-electron chi connectivity index (χ3n) is 10.4. The van der Waals surface area contributed by atoms with Crippen LogP contribution in [0.3, 0.4) is 0 Å². The lowest BCUT2D eigenvalue weighted by molar-refractivity contribution is -0.870. The Morgan fingerprint density at radius 2 is 1.32 bits per heavy atom. The number of Topliss-reactive ketones (excluding diaryl/α,β-unsaturated/α-hetero) is 1. The molecule has 0 aliphatic heterocycles. The molecule has 3 N–H and O–H groups in total. The van der Waals surface area contributed by atoms with Crippen molar-refractivity contribution in [3.63, 3.8) is 0 Å². The first kappa shape index (κ1) is 52.4. The highest BCUT2D eigenvalue weighted by Gasteiger charge is 2.39. The summed E-state index contributed by atoms with van der Waals surface area (Å²) >= 11 is 0. The number of phosphoric acid groups is 1. The molecule has 1 saturated carbocycles. The third kappa shape index (κ3) is 27.9. The largest absolute Gasteiger partial charge is 0.472 e. The maximum absolute atomic E-state index is 12.8. The standard InChI is InChI=1S/C43H80NO11P/c1-6-8-10-11-12-13-14-15-16-17-18-23-27-42(48)52-34-37(35-54-56(50,51)53-32-31-44(3,4)5)55-43(49)28-24-20-19-22-26-38-39(41(47)33-40(38)46)30-29-36(45)25-21-9-7-2/h29-30,36-39,41,45,47H,6-28,31-35H2,1-5H3/p+1/b30-29+/t36-,37+,38+,39+,41+/m0/s1. The van der Waals surface area contributed by atoms with Gasteiger partial charge in [-0.05, 0) is 25.7 Å². The quantitative estimate of drug-likeness (QED) is 0.0182. The third-order valence-corrected chi connectivity index (χ3v) is 11.4. The molecular formula is C43H81NO11P+. The second-order valence-corrected chi connectivity index (χ2v) is 18.3. The Morgan fingerprint density at radius 1 is 0.786 bits per heavy atom. The molecule has 0 radical (unpaired) electrons. The number of ether oxygens (including phenoxy) is 2. The number of unbranched alkanes of at least 4 members (excludes halogenated alkanes) is 16. The first-order chi connectivity index (χ1) is 26.7. The summed E-state index contributed by atoms with van der Waals surface area (Å²) in [4.78, 5) is 48.1. The van der Waals surface area contributed by atoms with Gasteiger partial charge < -0.3 is 29.1 Å². The Hall–Kier alpha value is -1.66. The average molecular weight is 819 g/mol. The Kier molecular flexibility index (Phi) is 29.3. The number of aliphatic hydroxyl groups is 2. The van der Waals surface area contributed by atoms with Gasteiger partial charge in [-0.25, -0.2) is 4.57 Å². The van der Waals surface area contributed by atoms with Crippen molar-refractivity contribution in [1.29, 1.82) is 0 Å². The molecule has 13 heteroatoms. The van der Waals surface area contributed by atoms with Gasteiger partial charge in [-0.3, -0.25) is 23.4 Å². The van der Waals surface area contributed by atoms with Crippen molar-refractivity contribution >= 4 is 25.5 Å². The number of ketones is 1.